The highest BCUT2D eigenvalue weighted by Gasteiger charge is 2.40. The number of ketones is 1. The molecule has 27 heavy (non-hydrogen) atoms. The molecule has 0 fully saturated rings. The number of alkyl halides is 3. The van der Waals surface area contributed by atoms with Crippen molar-refractivity contribution in [3.8, 4) is 5.75 Å². The molecule has 0 saturated heterocycles. The van der Waals surface area contributed by atoms with Crippen LogP contribution in [0.5, 0.6) is 5.75 Å². The Morgan fingerprint density at radius 1 is 1.22 bits per heavy atom. The maximum atomic E-state index is 12.9. The Morgan fingerprint density at radius 3 is 2.41 bits per heavy atom. The zero-order chi connectivity index (χ0) is 20.2. The minimum absolute atomic E-state index is 0.175. The van der Waals surface area contributed by atoms with Crippen molar-refractivity contribution in [2.75, 3.05) is 5.32 Å². The Hall–Kier alpha value is -2.88. The van der Waals surface area contributed by atoms with Crippen molar-refractivity contribution in [3.63, 3.8) is 0 Å². The second kappa shape index (κ2) is 8.21. The second-order valence-electron chi connectivity index (χ2n) is 5.39. The summed E-state index contributed by atoms with van der Waals surface area (Å²) in [5.74, 6) is -2.57. The zero-order valence-electron chi connectivity index (χ0n) is 13.5. The number of rotatable bonds is 6. The van der Waals surface area contributed by atoms with Crippen LogP contribution in [0.4, 0.5) is 24.5 Å². The second-order valence-corrected chi connectivity index (χ2v) is 6.31. The van der Waals surface area contributed by atoms with Crippen molar-refractivity contribution in [3.05, 3.63) is 74.4 Å². The molecule has 2 rings (SSSR count). The summed E-state index contributed by atoms with van der Waals surface area (Å²) in [5.41, 5.74) is -0.872. The van der Waals surface area contributed by atoms with E-state index in [0.29, 0.717) is 5.69 Å². The van der Waals surface area contributed by atoms with Gasteiger partial charge in [0.2, 0.25) is 0 Å². The molecule has 0 heterocycles. The number of nitrogens with one attached hydrogen (secondary N) is 1. The lowest BCUT2D eigenvalue weighted by Gasteiger charge is -2.12. The van der Waals surface area contributed by atoms with Gasteiger partial charge in [-0.05, 0) is 30.3 Å². The summed E-state index contributed by atoms with van der Waals surface area (Å²) < 4.78 is 39.4. The standard InChI is InChI=1S/C17H12BrF3N2O4/c18-12-1-3-13(4-2-12)22-9-11(16(25)17(19,20)21)7-10-8-14(23(26)27)5-6-15(10)24/h1-6,8-9,22,24H,7H2/b11-9+. The van der Waals surface area contributed by atoms with Crippen LogP contribution in [-0.2, 0) is 11.2 Å². The molecule has 0 amide bonds. The van der Waals surface area contributed by atoms with Crippen molar-refractivity contribution in [1.29, 1.82) is 0 Å². The minimum atomic E-state index is -5.14. The lowest BCUT2D eigenvalue weighted by Crippen LogP contribution is -2.26. The minimum Gasteiger partial charge on any atom is -0.508 e. The van der Waals surface area contributed by atoms with Gasteiger partial charge in [-0.3, -0.25) is 14.9 Å². The first-order chi connectivity index (χ1) is 12.6. The average Bonchev–Trinajstić information content (AvgIpc) is 2.59. The first-order valence-corrected chi connectivity index (χ1v) is 8.16. The number of carbonyl (C=O) groups is 1. The van der Waals surface area contributed by atoms with Crippen molar-refractivity contribution < 1.29 is 28.0 Å². The molecule has 0 saturated carbocycles. The molecule has 0 unspecified atom stereocenters. The number of nitro benzene ring substituents is 1. The van der Waals surface area contributed by atoms with Crippen LogP contribution in [0.25, 0.3) is 0 Å². The number of carbonyl (C=O) groups excluding carboxylic acids is 1. The molecule has 0 aliphatic heterocycles. The number of Topliss-reactive ketones (excluding diaryl/α,β-unsaturated/α-hetero) is 1. The number of halogens is 4. The Morgan fingerprint density at radius 2 is 1.85 bits per heavy atom. The molecule has 2 N–H and O–H groups in total. The van der Waals surface area contributed by atoms with Gasteiger partial charge in [-0.15, -0.1) is 0 Å². The highest BCUT2D eigenvalue weighted by Crippen LogP contribution is 2.29. The quantitative estimate of drug-likeness (QED) is 0.381. The summed E-state index contributed by atoms with van der Waals surface area (Å²) in [4.78, 5) is 21.8. The van der Waals surface area contributed by atoms with E-state index in [2.05, 4.69) is 21.2 Å². The van der Waals surface area contributed by atoms with E-state index in [1.165, 1.54) is 0 Å². The van der Waals surface area contributed by atoms with Crippen LogP contribution in [0.15, 0.2) is 58.7 Å². The van der Waals surface area contributed by atoms with Gasteiger partial charge in [-0.1, -0.05) is 15.9 Å². The fourth-order valence-corrected chi connectivity index (χ4v) is 2.39. The summed E-state index contributed by atoms with van der Waals surface area (Å²) in [6, 6.07) is 9.36. The van der Waals surface area contributed by atoms with E-state index in [0.717, 1.165) is 28.9 Å². The summed E-state index contributed by atoms with van der Waals surface area (Å²) in [6.45, 7) is 0. The molecule has 0 aliphatic carbocycles. The van der Waals surface area contributed by atoms with Gasteiger partial charge in [0, 0.05) is 46.1 Å². The number of nitrogens with zero attached hydrogens (tertiary/aromatic N) is 1. The van der Waals surface area contributed by atoms with Crippen LogP contribution < -0.4 is 5.32 Å². The van der Waals surface area contributed by atoms with Gasteiger partial charge >= 0.3 is 6.18 Å². The number of phenols is 1. The largest absolute Gasteiger partial charge is 0.508 e. The Balaban J connectivity index is 2.37. The first kappa shape index (κ1) is 20.4. The third kappa shape index (κ3) is 5.55. The van der Waals surface area contributed by atoms with Gasteiger partial charge in [0.15, 0.2) is 0 Å². The van der Waals surface area contributed by atoms with Crippen LogP contribution in [0.3, 0.4) is 0 Å². The highest BCUT2D eigenvalue weighted by molar-refractivity contribution is 9.10. The van der Waals surface area contributed by atoms with Gasteiger partial charge in [0.1, 0.15) is 5.75 Å². The van der Waals surface area contributed by atoms with E-state index in [-0.39, 0.29) is 5.56 Å². The molecule has 10 heteroatoms. The Labute approximate surface area is 159 Å². The average molecular weight is 445 g/mol. The maximum Gasteiger partial charge on any atom is 0.454 e. The van der Waals surface area contributed by atoms with Crippen molar-refractivity contribution >= 4 is 33.1 Å². The van der Waals surface area contributed by atoms with Crippen LogP contribution in [0.2, 0.25) is 0 Å². The number of non-ortho nitro benzene ring substituents is 1. The summed E-state index contributed by atoms with van der Waals surface area (Å²) in [5, 5.41) is 23.2. The van der Waals surface area contributed by atoms with E-state index in [4.69, 9.17) is 0 Å². The molecule has 2 aromatic carbocycles. The normalized spacial score (nSPS) is 11.9. The summed E-state index contributed by atoms with van der Waals surface area (Å²) in [6.07, 6.45) is -4.91. The Bertz CT molecular complexity index is 896. The summed E-state index contributed by atoms with van der Waals surface area (Å²) >= 11 is 3.22. The van der Waals surface area contributed by atoms with Gasteiger partial charge in [0.05, 0.1) is 4.92 Å². The SMILES string of the molecule is O=C(/C(=C/Nc1ccc(Br)cc1)Cc1cc([N+](=O)[O-])ccc1O)C(F)(F)F. The number of allylic oxidation sites excluding steroid dienone is 1. The van der Waals surface area contributed by atoms with Crippen LogP contribution in [-0.4, -0.2) is 22.0 Å². The fraction of sp³-hybridized carbons (Fsp3) is 0.118. The number of benzene rings is 2. The van der Waals surface area contributed by atoms with Gasteiger partial charge in [-0.2, -0.15) is 13.2 Å². The van der Waals surface area contributed by atoms with Crippen molar-refractivity contribution in [1.82, 2.24) is 0 Å². The zero-order valence-corrected chi connectivity index (χ0v) is 15.0. The number of hydrogen-bond acceptors (Lipinski definition) is 5. The fourth-order valence-electron chi connectivity index (χ4n) is 2.13. The van der Waals surface area contributed by atoms with Crippen molar-refractivity contribution in [2.24, 2.45) is 0 Å². The number of phenolic OH excluding ortho intramolecular Hbond substituents is 1. The Kier molecular flexibility index (Phi) is 6.21. The molecule has 0 radical (unpaired) electrons. The molecular weight excluding hydrogens is 433 g/mol. The molecule has 0 atom stereocenters. The smallest absolute Gasteiger partial charge is 0.454 e. The lowest BCUT2D eigenvalue weighted by atomic mass is 10.0. The third-order valence-corrected chi connectivity index (χ3v) is 3.99. The summed E-state index contributed by atoms with van der Waals surface area (Å²) in [7, 11) is 0. The molecule has 142 valence electrons. The molecule has 0 aromatic heterocycles. The predicted octanol–water partition coefficient (Wildman–Crippen LogP) is 4.73. The van der Waals surface area contributed by atoms with E-state index in [1.807, 2.05) is 0 Å². The topological polar surface area (TPSA) is 92.5 Å². The van der Waals surface area contributed by atoms with E-state index in [1.54, 1.807) is 24.3 Å². The molecule has 2 aromatic rings. The van der Waals surface area contributed by atoms with Gasteiger partial charge < -0.3 is 10.4 Å². The molecule has 0 spiro atoms. The first-order valence-electron chi connectivity index (χ1n) is 7.37. The third-order valence-electron chi connectivity index (χ3n) is 3.46. The number of aromatic hydroxyl groups is 1. The monoisotopic (exact) mass is 444 g/mol. The maximum absolute atomic E-state index is 12.9. The van der Waals surface area contributed by atoms with E-state index >= 15 is 0 Å². The highest BCUT2D eigenvalue weighted by atomic mass is 79.9. The molecule has 0 bridgehead atoms. The van der Waals surface area contributed by atoms with Crippen LogP contribution in [0.1, 0.15) is 5.56 Å². The molecular formula is C17H12BrF3N2O4. The van der Waals surface area contributed by atoms with Crippen molar-refractivity contribution in [2.45, 2.75) is 12.6 Å². The lowest BCUT2D eigenvalue weighted by molar-refractivity contribution is -0.384. The number of hydrogen-bond donors (Lipinski definition) is 2. The van der Waals surface area contributed by atoms with Crippen LogP contribution >= 0.6 is 15.9 Å². The molecule has 0 aliphatic rings. The number of nitro groups is 1. The molecule has 6 nitrogen and oxygen atoms in total. The van der Waals surface area contributed by atoms with Gasteiger partial charge in [0.25, 0.3) is 11.5 Å². The number of anilines is 1. The van der Waals surface area contributed by atoms with Gasteiger partial charge in [-0.25, -0.2) is 0 Å². The van der Waals surface area contributed by atoms with E-state index in [9.17, 15) is 33.2 Å². The van der Waals surface area contributed by atoms with Crippen LogP contribution in [0, 0.1) is 10.1 Å². The van der Waals surface area contributed by atoms with E-state index < -0.39 is 40.3 Å². The predicted molar refractivity (Wildman–Crippen MR) is 95.4 cm³/mol.